The van der Waals surface area contributed by atoms with Crippen molar-refractivity contribution in [1.82, 2.24) is 4.90 Å². The number of hydrogen-bond donors (Lipinski definition) is 0. The molecule has 1 aliphatic heterocycles. The maximum Gasteiger partial charge on any atom is 0.150 e. The number of aryl methyl sites for hydroxylation is 1. The summed E-state index contributed by atoms with van der Waals surface area (Å²) in [5.74, 6) is 2.44. The molecule has 1 fully saturated rings. The zero-order valence-corrected chi connectivity index (χ0v) is 22.0. The predicted molar refractivity (Wildman–Crippen MR) is 148 cm³/mol. The number of fused-ring (bicyclic) bond motifs is 1. The van der Waals surface area contributed by atoms with Crippen LogP contribution in [0.25, 0.3) is 11.1 Å². The molecule has 0 radical (unpaired) electrons. The highest BCUT2D eigenvalue weighted by atomic mass is 16.5. The van der Waals surface area contributed by atoms with Crippen molar-refractivity contribution in [2.75, 3.05) is 27.3 Å². The van der Waals surface area contributed by atoms with Crippen LogP contribution in [0.5, 0.6) is 17.2 Å². The molecule has 2 aliphatic rings. The lowest BCUT2D eigenvalue weighted by molar-refractivity contribution is 0.0262. The van der Waals surface area contributed by atoms with E-state index in [0.717, 1.165) is 71.7 Å². The minimum absolute atomic E-state index is 0.0202. The van der Waals surface area contributed by atoms with E-state index >= 15 is 0 Å². The Morgan fingerprint density at radius 3 is 2.19 bits per heavy atom. The lowest BCUT2D eigenvalue weighted by atomic mass is 9.78. The average molecular weight is 498 g/mol. The lowest BCUT2D eigenvalue weighted by Crippen LogP contribution is -2.40. The standard InChI is InChI=1S/C32H35NO4/c1-22(33-17-5-4-6-18-33)37-28-13-9-25(21-34)31(20-28)32-29(23-7-11-26(35-2)12-8-23)15-10-24-19-27(36-3)14-16-30(24)32/h7-9,11-14,16,19-22H,4-6,10,15,17-18H2,1-3H3. The van der Waals surface area contributed by atoms with Gasteiger partial charge in [-0.3, -0.25) is 9.69 Å². The molecular formula is C32H35NO4. The van der Waals surface area contributed by atoms with Crippen LogP contribution in [0.15, 0.2) is 60.7 Å². The number of piperidine rings is 1. The van der Waals surface area contributed by atoms with Crippen LogP contribution in [0.3, 0.4) is 0 Å². The highest BCUT2D eigenvalue weighted by molar-refractivity contribution is 6.04. The fraction of sp³-hybridized carbons (Fsp3) is 0.344. The van der Waals surface area contributed by atoms with Crippen LogP contribution in [-0.2, 0) is 6.42 Å². The summed E-state index contributed by atoms with van der Waals surface area (Å²) < 4.78 is 17.3. The highest BCUT2D eigenvalue weighted by Crippen LogP contribution is 2.43. The van der Waals surface area contributed by atoms with Crippen molar-refractivity contribution < 1.29 is 19.0 Å². The minimum atomic E-state index is -0.0202. The normalized spacial score (nSPS) is 16.6. The molecule has 0 aromatic heterocycles. The van der Waals surface area contributed by atoms with E-state index in [1.54, 1.807) is 14.2 Å². The number of carbonyl (C=O) groups is 1. The van der Waals surface area contributed by atoms with E-state index in [-0.39, 0.29) is 6.23 Å². The molecule has 1 saturated heterocycles. The van der Waals surface area contributed by atoms with Gasteiger partial charge in [-0.1, -0.05) is 24.6 Å². The second-order valence-corrected chi connectivity index (χ2v) is 9.79. The number of ether oxygens (including phenoxy) is 3. The zero-order valence-electron chi connectivity index (χ0n) is 22.0. The fourth-order valence-corrected chi connectivity index (χ4v) is 5.56. The molecule has 5 rings (SSSR count). The molecule has 192 valence electrons. The van der Waals surface area contributed by atoms with E-state index in [1.165, 1.54) is 30.4 Å². The number of carbonyl (C=O) groups excluding carboxylic acids is 1. The molecule has 1 unspecified atom stereocenters. The molecule has 37 heavy (non-hydrogen) atoms. The molecule has 1 aliphatic carbocycles. The Morgan fingerprint density at radius 1 is 0.784 bits per heavy atom. The summed E-state index contributed by atoms with van der Waals surface area (Å²) in [6, 6.07) is 20.2. The third-order valence-corrected chi connectivity index (χ3v) is 7.60. The quantitative estimate of drug-likeness (QED) is 0.327. The van der Waals surface area contributed by atoms with Gasteiger partial charge in [0, 0.05) is 18.7 Å². The van der Waals surface area contributed by atoms with E-state index in [9.17, 15) is 4.79 Å². The van der Waals surface area contributed by atoms with Gasteiger partial charge in [0.2, 0.25) is 0 Å². The summed E-state index contributed by atoms with van der Waals surface area (Å²) in [5, 5.41) is 0. The summed E-state index contributed by atoms with van der Waals surface area (Å²) in [4.78, 5) is 14.7. The number of hydrogen-bond acceptors (Lipinski definition) is 5. The largest absolute Gasteiger partial charge is 0.497 e. The van der Waals surface area contributed by atoms with Crippen molar-refractivity contribution in [3.63, 3.8) is 0 Å². The monoisotopic (exact) mass is 497 g/mol. The Labute approximate surface area is 219 Å². The van der Waals surface area contributed by atoms with Gasteiger partial charge >= 0.3 is 0 Å². The molecule has 1 heterocycles. The molecule has 1 atom stereocenters. The van der Waals surface area contributed by atoms with Gasteiger partial charge in [0.25, 0.3) is 0 Å². The minimum Gasteiger partial charge on any atom is -0.497 e. The summed E-state index contributed by atoms with van der Waals surface area (Å²) in [7, 11) is 3.37. The van der Waals surface area contributed by atoms with Crippen molar-refractivity contribution in [2.24, 2.45) is 0 Å². The number of benzene rings is 3. The molecule has 0 N–H and O–H groups in total. The van der Waals surface area contributed by atoms with Crippen LogP contribution in [0.1, 0.15) is 65.2 Å². The Kier molecular flexibility index (Phi) is 7.61. The van der Waals surface area contributed by atoms with Crippen LogP contribution in [0, 0.1) is 0 Å². The van der Waals surface area contributed by atoms with Crippen molar-refractivity contribution in [1.29, 1.82) is 0 Å². The van der Waals surface area contributed by atoms with E-state index in [2.05, 4.69) is 36.1 Å². The van der Waals surface area contributed by atoms with Crippen molar-refractivity contribution in [3.05, 3.63) is 88.5 Å². The molecule has 3 aromatic rings. The molecule has 0 spiro atoms. The summed E-state index contributed by atoms with van der Waals surface area (Å²) in [6.45, 7) is 4.23. The number of likely N-dealkylation sites (tertiary alicyclic amines) is 1. The van der Waals surface area contributed by atoms with E-state index in [0.29, 0.717) is 5.56 Å². The Balaban J connectivity index is 1.62. The van der Waals surface area contributed by atoms with Gasteiger partial charge in [-0.2, -0.15) is 0 Å². The summed E-state index contributed by atoms with van der Waals surface area (Å²) in [6.07, 6.45) is 6.39. The molecule has 3 aromatic carbocycles. The highest BCUT2D eigenvalue weighted by Gasteiger charge is 2.25. The van der Waals surface area contributed by atoms with Crippen LogP contribution in [-0.4, -0.2) is 44.7 Å². The SMILES string of the molecule is COc1ccc(C2=C(c3cc(OC(C)N4CCCCC4)ccc3C=O)c3ccc(OC)cc3CC2)cc1. The number of rotatable bonds is 8. The third kappa shape index (κ3) is 5.28. The molecule has 0 bridgehead atoms. The van der Waals surface area contributed by atoms with Gasteiger partial charge in [0.1, 0.15) is 23.5 Å². The molecule has 5 nitrogen and oxygen atoms in total. The molecule has 5 heteroatoms. The number of nitrogens with zero attached hydrogens (tertiary/aromatic N) is 1. The van der Waals surface area contributed by atoms with E-state index < -0.39 is 0 Å². The average Bonchev–Trinajstić information content (AvgIpc) is 2.96. The van der Waals surface area contributed by atoms with Crippen LogP contribution < -0.4 is 14.2 Å². The molecule has 0 saturated carbocycles. The Bertz CT molecular complexity index is 1290. The summed E-state index contributed by atoms with van der Waals surface area (Å²) in [5.41, 5.74) is 7.32. The van der Waals surface area contributed by atoms with Gasteiger partial charge in [-0.05, 0) is 108 Å². The second kappa shape index (κ2) is 11.2. The molecule has 0 amide bonds. The first-order valence-corrected chi connectivity index (χ1v) is 13.2. The fourth-order valence-electron chi connectivity index (χ4n) is 5.56. The van der Waals surface area contributed by atoms with E-state index in [1.807, 2.05) is 36.4 Å². The number of allylic oxidation sites excluding steroid dienone is 1. The predicted octanol–water partition coefficient (Wildman–Crippen LogP) is 6.63. The van der Waals surface area contributed by atoms with Gasteiger partial charge < -0.3 is 14.2 Å². The maximum atomic E-state index is 12.3. The van der Waals surface area contributed by atoms with Crippen molar-refractivity contribution in [3.8, 4) is 17.2 Å². The Morgan fingerprint density at radius 2 is 1.49 bits per heavy atom. The number of aldehydes is 1. The smallest absolute Gasteiger partial charge is 0.150 e. The maximum absolute atomic E-state index is 12.3. The summed E-state index contributed by atoms with van der Waals surface area (Å²) >= 11 is 0. The van der Waals surface area contributed by atoms with Crippen LogP contribution >= 0.6 is 0 Å². The second-order valence-electron chi connectivity index (χ2n) is 9.79. The topological polar surface area (TPSA) is 48.0 Å². The zero-order chi connectivity index (χ0) is 25.8. The first kappa shape index (κ1) is 25.1. The third-order valence-electron chi connectivity index (χ3n) is 7.60. The van der Waals surface area contributed by atoms with Crippen molar-refractivity contribution in [2.45, 2.75) is 45.3 Å². The first-order chi connectivity index (χ1) is 18.1. The van der Waals surface area contributed by atoms with Gasteiger partial charge in [0.15, 0.2) is 6.29 Å². The van der Waals surface area contributed by atoms with Crippen LogP contribution in [0.2, 0.25) is 0 Å². The van der Waals surface area contributed by atoms with Crippen molar-refractivity contribution >= 4 is 17.4 Å². The first-order valence-electron chi connectivity index (χ1n) is 13.2. The lowest BCUT2D eigenvalue weighted by Gasteiger charge is -2.32. The van der Waals surface area contributed by atoms with Gasteiger partial charge in [-0.15, -0.1) is 0 Å². The van der Waals surface area contributed by atoms with Gasteiger partial charge in [0.05, 0.1) is 14.2 Å². The van der Waals surface area contributed by atoms with Gasteiger partial charge in [-0.25, -0.2) is 0 Å². The Hall–Kier alpha value is -3.57. The van der Waals surface area contributed by atoms with Crippen LogP contribution in [0.4, 0.5) is 0 Å². The van der Waals surface area contributed by atoms with E-state index in [4.69, 9.17) is 14.2 Å². The number of methoxy groups -OCH3 is 2. The molecular weight excluding hydrogens is 462 g/mol.